The third-order valence-electron chi connectivity index (χ3n) is 13.3. The molecule has 0 saturated carbocycles. The number of hydrogen-bond acceptors (Lipinski definition) is 18. The molecule has 0 aromatic rings. The largest absolute Gasteiger partial charge is 0.394 e. The van der Waals surface area contributed by atoms with E-state index in [2.05, 4.69) is 30.5 Å². The number of rotatable bonds is 36. The molecule has 3 fully saturated rings. The van der Waals surface area contributed by atoms with Crippen LogP contribution in [0, 0.1) is 0 Å². The molecule has 70 heavy (non-hydrogen) atoms. The second-order valence-corrected chi connectivity index (χ2v) is 19.0. The molecule has 19 heteroatoms. The molecule has 0 aromatic heterocycles. The first-order chi connectivity index (χ1) is 33.8. The fraction of sp³-hybridized carbons (Fsp3) is 0.863. The van der Waals surface area contributed by atoms with Crippen LogP contribution in [0.5, 0.6) is 0 Å². The Hall–Kier alpha value is -1.99. The number of nitrogens with one attached hydrogen (secondary N) is 1. The summed E-state index contributed by atoms with van der Waals surface area (Å²) in [5.41, 5.74) is 0. The van der Waals surface area contributed by atoms with Crippen LogP contribution in [-0.4, -0.2) is 193 Å². The summed E-state index contributed by atoms with van der Waals surface area (Å²) in [4.78, 5) is 13.2. The molecule has 0 bridgehead atoms. The molecule has 0 aromatic carbocycles. The highest BCUT2D eigenvalue weighted by atomic mass is 16.8. The number of aliphatic hydroxyl groups is 11. The van der Waals surface area contributed by atoms with E-state index in [9.17, 15) is 61.0 Å². The van der Waals surface area contributed by atoms with Gasteiger partial charge in [-0.25, -0.2) is 0 Å². The van der Waals surface area contributed by atoms with Gasteiger partial charge in [-0.1, -0.05) is 140 Å². The quantitative estimate of drug-likeness (QED) is 0.0316. The molecule has 3 aliphatic heterocycles. The SMILES string of the molecule is C/C=C/CC/C=C/CC/C=C/C(O)C(COC1OC(CO)C(OC2OC(CO)C(OC3OC(CO)C(O)C(O)C3O)C(O)C2O)C(O)C1O)NC(=O)CCCCCCCCCCCCCCCCCC. The molecule has 1 amide bonds. The number of allylic oxidation sites excluding steroid dienone is 5. The first-order valence-corrected chi connectivity index (χ1v) is 26.2. The highest BCUT2D eigenvalue weighted by Gasteiger charge is 2.53. The lowest BCUT2D eigenvalue weighted by Crippen LogP contribution is -2.66. The number of hydrogen-bond donors (Lipinski definition) is 12. The molecular formula is C51H91NO18. The zero-order valence-corrected chi connectivity index (χ0v) is 41.7. The topological polar surface area (TPSA) is 307 Å². The van der Waals surface area contributed by atoms with Gasteiger partial charge in [0.2, 0.25) is 5.91 Å². The average molecular weight is 1010 g/mol. The lowest BCUT2D eigenvalue weighted by atomic mass is 9.96. The predicted octanol–water partition coefficient (Wildman–Crippen LogP) is 2.20. The third kappa shape index (κ3) is 21.5. The van der Waals surface area contributed by atoms with Crippen LogP contribution in [0.1, 0.15) is 149 Å². The Kier molecular flexibility index (Phi) is 32.1. The van der Waals surface area contributed by atoms with Gasteiger partial charge in [0, 0.05) is 6.42 Å². The van der Waals surface area contributed by atoms with Gasteiger partial charge in [-0.05, 0) is 39.0 Å². The first kappa shape index (κ1) is 62.3. The van der Waals surface area contributed by atoms with Gasteiger partial charge in [-0.2, -0.15) is 0 Å². The summed E-state index contributed by atoms with van der Waals surface area (Å²) in [6.45, 7) is 1.42. The van der Waals surface area contributed by atoms with Crippen LogP contribution in [0.2, 0.25) is 0 Å². The highest BCUT2D eigenvalue weighted by molar-refractivity contribution is 5.76. The van der Waals surface area contributed by atoms with Gasteiger partial charge < -0.3 is 89.9 Å². The van der Waals surface area contributed by atoms with Gasteiger partial charge in [0.05, 0.1) is 38.6 Å². The van der Waals surface area contributed by atoms with E-state index in [1.165, 1.54) is 77.0 Å². The Morgan fingerprint density at radius 3 is 1.43 bits per heavy atom. The monoisotopic (exact) mass is 1010 g/mol. The molecule has 17 atom stereocenters. The molecule has 3 saturated heterocycles. The molecule has 17 unspecified atom stereocenters. The van der Waals surface area contributed by atoms with Crippen LogP contribution in [0.3, 0.4) is 0 Å². The van der Waals surface area contributed by atoms with Gasteiger partial charge in [-0.15, -0.1) is 0 Å². The van der Waals surface area contributed by atoms with Crippen molar-refractivity contribution in [2.75, 3.05) is 26.4 Å². The maximum Gasteiger partial charge on any atom is 0.220 e. The minimum absolute atomic E-state index is 0.234. The maximum atomic E-state index is 13.2. The van der Waals surface area contributed by atoms with Crippen molar-refractivity contribution in [2.45, 2.75) is 253 Å². The normalized spacial score (nSPS) is 32.8. The number of ether oxygens (including phenoxy) is 6. The van der Waals surface area contributed by atoms with E-state index in [0.717, 1.165) is 38.5 Å². The second kappa shape index (κ2) is 36.0. The molecule has 12 N–H and O–H groups in total. The van der Waals surface area contributed by atoms with E-state index >= 15 is 0 Å². The summed E-state index contributed by atoms with van der Waals surface area (Å²) < 4.78 is 34.0. The molecule has 0 spiro atoms. The number of carbonyl (C=O) groups excluding carboxylic acids is 1. The minimum Gasteiger partial charge on any atom is -0.394 e. The molecule has 408 valence electrons. The third-order valence-corrected chi connectivity index (χ3v) is 13.3. The van der Waals surface area contributed by atoms with Crippen LogP contribution in [0.15, 0.2) is 36.5 Å². The van der Waals surface area contributed by atoms with Gasteiger partial charge in [-0.3, -0.25) is 4.79 Å². The second-order valence-electron chi connectivity index (χ2n) is 19.0. The fourth-order valence-electron chi connectivity index (χ4n) is 8.87. The van der Waals surface area contributed by atoms with E-state index in [1.807, 2.05) is 13.0 Å². The van der Waals surface area contributed by atoms with Gasteiger partial charge in [0.15, 0.2) is 18.9 Å². The zero-order chi connectivity index (χ0) is 51.3. The van der Waals surface area contributed by atoms with Crippen molar-refractivity contribution in [3.05, 3.63) is 36.5 Å². The van der Waals surface area contributed by atoms with E-state index < -0.39 is 124 Å². The Balaban J connectivity index is 1.53. The van der Waals surface area contributed by atoms with E-state index in [-0.39, 0.29) is 18.9 Å². The molecule has 3 aliphatic rings. The van der Waals surface area contributed by atoms with Gasteiger partial charge in [0.25, 0.3) is 0 Å². The van der Waals surface area contributed by atoms with E-state index in [1.54, 1.807) is 12.2 Å². The predicted molar refractivity (Wildman–Crippen MR) is 259 cm³/mol. The van der Waals surface area contributed by atoms with Crippen molar-refractivity contribution in [3.8, 4) is 0 Å². The fourth-order valence-corrected chi connectivity index (χ4v) is 8.87. The van der Waals surface area contributed by atoms with E-state index in [0.29, 0.717) is 12.8 Å². The number of carbonyl (C=O) groups is 1. The summed E-state index contributed by atoms with van der Waals surface area (Å²) in [5, 5.41) is 119. The van der Waals surface area contributed by atoms with Crippen molar-refractivity contribution < 1.29 is 89.4 Å². The number of aliphatic hydroxyl groups excluding tert-OH is 11. The van der Waals surface area contributed by atoms with Crippen LogP contribution in [0.4, 0.5) is 0 Å². The number of unbranched alkanes of at least 4 members (excludes halogenated alkanes) is 17. The molecule has 3 heterocycles. The molecule has 3 rings (SSSR count). The summed E-state index contributed by atoms with van der Waals surface area (Å²) >= 11 is 0. The van der Waals surface area contributed by atoms with Crippen LogP contribution in [0.25, 0.3) is 0 Å². The number of amides is 1. The van der Waals surface area contributed by atoms with Crippen molar-refractivity contribution in [2.24, 2.45) is 0 Å². The summed E-state index contributed by atoms with van der Waals surface area (Å²) in [7, 11) is 0. The van der Waals surface area contributed by atoms with Crippen LogP contribution in [-0.2, 0) is 33.2 Å². The van der Waals surface area contributed by atoms with E-state index in [4.69, 9.17) is 28.4 Å². The van der Waals surface area contributed by atoms with Crippen LogP contribution < -0.4 is 5.32 Å². The summed E-state index contributed by atoms with van der Waals surface area (Å²) in [5.74, 6) is -0.294. The standard InChI is InChI=1S/C51H91NO18/c1-3-5-7-9-11-13-14-15-16-17-18-19-21-23-25-27-29-39(57)52-34(35(56)28-26-24-22-20-12-10-8-6-4-2)33-65-49-45(63)42(60)47(37(31-54)67-49)70-51-46(64)43(61)48(38(32-55)68-51)69-50-44(62)41(59)40(58)36(30-53)66-50/h4,6,12,20,26,28,34-38,40-51,53-56,58-64H,3,5,7-11,13-19,21-25,27,29-33H2,1-2H3,(H,52,57)/b6-4+,20-12+,28-26+. The zero-order valence-electron chi connectivity index (χ0n) is 41.7. The van der Waals surface area contributed by atoms with Crippen molar-refractivity contribution in [1.29, 1.82) is 0 Å². The molecular weight excluding hydrogens is 915 g/mol. The highest BCUT2D eigenvalue weighted by Crippen LogP contribution is 2.33. The van der Waals surface area contributed by atoms with Gasteiger partial charge >= 0.3 is 0 Å². The smallest absolute Gasteiger partial charge is 0.220 e. The van der Waals surface area contributed by atoms with Crippen LogP contribution >= 0.6 is 0 Å². The Morgan fingerprint density at radius 2 is 0.943 bits per heavy atom. The molecule has 0 radical (unpaired) electrons. The summed E-state index contributed by atoms with van der Waals surface area (Å²) in [6.07, 6.45) is 7.55. The molecule has 0 aliphatic carbocycles. The van der Waals surface area contributed by atoms with Crippen molar-refractivity contribution in [3.63, 3.8) is 0 Å². The van der Waals surface area contributed by atoms with Crippen molar-refractivity contribution >= 4 is 5.91 Å². The Labute approximate surface area is 415 Å². The van der Waals surface area contributed by atoms with Gasteiger partial charge in [0.1, 0.15) is 73.2 Å². The Bertz CT molecular complexity index is 1440. The minimum atomic E-state index is -1.98. The first-order valence-electron chi connectivity index (χ1n) is 26.2. The Morgan fingerprint density at radius 1 is 0.529 bits per heavy atom. The lowest BCUT2D eigenvalue weighted by molar-refractivity contribution is -0.379. The summed E-state index contributed by atoms with van der Waals surface area (Å²) in [6, 6.07) is -0.989. The molecule has 19 nitrogen and oxygen atoms in total. The maximum absolute atomic E-state index is 13.2. The van der Waals surface area contributed by atoms with Crippen molar-refractivity contribution in [1.82, 2.24) is 5.32 Å². The average Bonchev–Trinajstić information content (AvgIpc) is 3.35. The lowest BCUT2D eigenvalue weighted by Gasteiger charge is -2.48.